The molecule has 0 aliphatic heterocycles. The Labute approximate surface area is 119 Å². The molecule has 2 rings (SSSR count). The van der Waals surface area contributed by atoms with Crippen LogP contribution < -0.4 is 10.1 Å². The van der Waals surface area contributed by atoms with E-state index in [-0.39, 0.29) is 0 Å². The molecule has 0 unspecified atom stereocenters. The molecule has 0 spiro atoms. The first-order valence-corrected chi connectivity index (χ1v) is 7.53. The molecule has 1 aromatic heterocycles. The number of nitrogens with one attached hydrogen (secondary N) is 1. The third-order valence-electron chi connectivity index (χ3n) is 2.95. The zero-order valence-electron chi connectivity index (χ0n) is 11.8. The Balaban J connectivity index is 1.91. The van der Waals surface area contributed by atoms with Gasteiger partial charge in [-0.1, -0.05) is 6.92 Å². The molecule has 0 saturated carbocycles. The molecule has 3 heteroatoms. The Morgan fingerprint density at radius 2 is 1.89 bits per heavy atom. The van der Waals surface area contributed by atoms with Crippen LogP contribution in [0.25, 0.3) is 0 Å². The minimum Gasteiger partial charge on any atom is -0.494 e. The van der Waals surface area contributed by atoms with E-state index < -0.39 is 0 Å². The van der Waals surface area contributed by atoms with Gasteiger partial charge in [-0.3, -0.25) is 0 Å². The van der Waals surface area contributed by atoms with Crippen molar-refractivity contribution in [2.75, 3.05) is 11.9 Å². The molecule has 0 aliphatic rings. The second kappa shape index (κ2) is 6.62. The van der Waals surface area contributed by atoms with Crippen molar-refractivity contribution in [2.45, 2.75) is 33.7 Å². The Hall–Kier alpha value is -1.48. The molecule has 1 heterocycles. The average molecular weight is 275 g/mol. The van der Waals surface area contributed by atoms with Gasteiger partial charge >= 0.3 is 0 Å². The van der Waals surface area contributed by atoms with Crippen LogP contribution in [0.4, 0.5) is 5.69 Å². The van der Waals surface area contributed by atoms with E-state index in [2.05, 4.69) is 44.3 Å². The van der Waals surface area contributed by atoms with E-state index in [0.29, 0.717) is 0 Å². The topological polar surface area (TPSA) is 21.3 Å². The maximum atomic E-state index is 5.57. The standard InChI is InChI=1S/C16H21NOS/c1-4-9-18-16-7-5-15(6-8-16)17-11-14-10-12(2)19-13(14)3/h5-8,10,17H,4,9,11H2,1-3H3. The van der Waals surface area contributed by atoms with Crippen LogP contribution >= 0.6 is 11.3 Å². The molecule has 0 atom stereocenters. The Bertz CT molecular complexity index is 516. The lowest BCUT2D eigenvalue weighted by Gasteiger charge is -2.08. The monoisotopic (exact) mass is 275 g/mol. The molecule has 0 radical (unpaired) electrons. The number of benzene rings is 1. The summed E-state index contributed by atoms with van der Waals surface area (Å²) in [7, 11) is 0. The zero-order chi connectivity index (χ0) is 13.7. The van der Waals surface area contributed by atoms with Gasteiger partial charge in [0.05, 0.1) is 6.61 Å². The number of ether oxygens (including phenoxy) is 1. The first-order valence-electron chi connectivity index (χ1n) is 6.71. The van der Waals surface area contributed by atoms with Crippen molar-refractivity contribution in [3.8, 4) is 5.75 Å². The largest absolute Gasteiger partial charge is 0.494 e. The molecule has 0 bridgehead atoms. The third kappa shape index (κ3) is 4.00. The van der Waals surface area contributed by atoms with Crippen LogP contribution in [0.15, 0.2) is 30.3 Å². The van der Waals surface area contributed by atoms with Gasteiger partial charge in [0.15, 0.2) is 0 Å². The summed E-state index contributed by atoms with van der Waals surface area (Å²) < 4.78 is 5.57. The molecule has 19 heavy (non-hydrogen) atoms. The summed E-state index contributed by atoms with van der Waals surface area (Å²) in [6.07, 6.45) is 1.04. The smallest absolute Gasteiger partial charge is 0.119 e. The van der Waals surface area contributed by atoms with Gasteiger partial charge in [-0.2, -0.15) is 0 Å². The summed E-state index contributed by atoms with van der Waals surface area (Å²) in [6, 6.07) is 10.4. The molecule has 1 aromatic carbocycles. The Morgan fingerprint density at radius 3 is 2.47 bits per heavy atom. The second-order valence-corrected chi connectivity index (χ2v) is 6.13. The fourth-order valence-electron chi connectivity index (χ4n) is 1.95. The molecule has 1 N–H and O–H groups in total. The van der Waals surface area contributed by atoms with Gasteiger partial charge in [-0.15, -0.1) is 11.3 Å². The van der Waals surface area contributed by atoms with Crippen LogP contribution in [0.5, 0.6) is 5.75 Å². The summed E-state index contributed by atoms with van der Waals surface area (Å²) in [5.74, 6) is 0.940. The highest BCUT2D eigenvalue weighted by atomic mass is 32.1. The minimum atomic E-state index is 0.778. The zero-order valence-corrected chi connectivity index (χ0v) is 12.6. The van der Waals surface area contributed by atoms with E-state index in [0.717, 1.165) is 31.0 Å². The van der Waals surface area contributed by atoms with Crippen molar-refractivity contribution in [1.29, 1.82) is 0 Å². The highest BCUT2D eigenvalue weighted by Gasteiger charge is 2.02. The van der Waals surface area contributed by atoms with Crippen LogP contribution in [0.1, 0.15) is 28.7 Å². The van der Waals surface area contributed by atoms with Crippen LogP contribution in [0.2, 0.25) is 0 Å². The molecule has 2 aromatic rings. The van der Waals surface area contributed by atoms with E-state index in [1.54, 1.807) is 0 Å². The van der Waals surface area contributed by atoms with Crippen molar-refractivity contribution in [2.24, 2.45) is 0 Å². The number of rotatable bonds is 6. The predicted molar refractivity (Wildman–Crippen MR) is 83.3 cm³/mol. The normalized spacial score (nSPS) is 10.5. The van der Waals surface area contributed by atoms with Crippen molar-refractivity contribution in [1.82, 2.24) is 0 Å². The van der Waals surface area contributed by atoms with Gasteiger partial charge in [-0.05, 0) is 56.2 Å². The van der Waals surface area contributed by atoms with Crippen molar-refractivity contribution >= 4 is 17.0 Å². The first-order chi connectivity index (χ1) is 9.19. The predicted octanol–water partition coefficient (Wildman–Crippen LogP) is 4.77. The Kier molecular flexibility index (Phi) is 4.86. The highest BCUT2D eigenvalue weighted by molar-refractivity contribution is 7.12. The van der Waals surface area contributed by atoms with Gasteiger partial charge in [0, 0.05) is 22.0 Å². The van der Waals surface area contributed by atoms with E-state index in [1.165, 1.54) is 15.3 Å². The van der Waals surface area contributed by atoms with Crippen LogP contribution in [-0.4, -0.2) is 6.61 Å². The fraction of sp³-hybridized carbons (Fsp3) is 0.375. The van der Waals surface area contributed by atoms with E-state index >= 15 is 0 Å². The SMILES string of the molecule is CCCOc1ccc(NCc2cc(C)sc2C)cc1. The van der Waals surface area contributed by atoms with Crippen LogP contribution in [-0.2, 0) is 6.54 Å². The number of thiophene rings is 1. The van der Waals surface area contributed by atoms with E-state index in [4.69, 9.17) is 4.74 Å². The molecular formula is C16H21NOS. The second-order valence-electron chi connectivity index (χ2n) is 4.66. The first kappa shape index (κ1) is 13.9. The van der Waals surface area contributed by atoms with E-state index in [9.17, 15) is 0 Å². The highest BCUT2D eigenvalue weighted by Crippen LogP contribution is 2.22. The quantitative estimate of drug-likeness (QED) is 0.820. The maximum Gasteiger partial charge on any atom is 0.119 e. The average Bonchev–Trinajstić information content (AvgIpc) is 2.73. The summed E-state index contributed by atoms with van der Waals surface area (Å²) in [4.78, 5) is 2.77. The van der Waals surface area contributed by atoms with Crippen molar-refractivity contribution in [3.63, 3.8) is 0 Å². The third-order valence-corrected chi connectivity index (χ3v) is 3.96. The number of anilines is 1. The van der Waals surface area contributed by atoms with Gasteiger partial charge < -0.3 is 10.1 Å². The summed E-state index contributed by atoms with van der Waals surface area (Å²) in [5.41, 5.74) is 2.51. The molecule has 0 amide bonds. The summed E-state index contributed by atoms with van der Waals surface area (Å²) in [5, 5.41) is 3.45. The Morgan fingerprint density at radius 1 is 1.16 bits per heavy atom. The van der Waals surface area contributed by atoms with E-state index in [1.807, 2.05) is 23.5 Å². The number of aryl methyl sites for hydroxylation is 2. The lowest BCUT2D eigenvalue weighted by molar-refractivity contribution is 0.317. The number of hydrogen-bond acceptors (Lipinski definition) is 3. The lowest BCUT2D eigenvalue weighted by atomic mass is 10.2. The molecule has 2 nitrogen and oxygen atoms in total. The van der Waals surface area contributed by atoms with Crippen molar-refractivity contribution < 1.29 is 4.74 Å². The maximum absolute atomic E-state index is 5.57. The summed E-state index contributed by atoms with van der Waals surface area (Å²) >= 11 is 1.86. The fourth-order valence-corrected chi connectivity index (χ4v) is 2.89. The van der Waals surface area contributed by atoms with Crippen LogP contribution in [0.3, 0.4) is 0 Å². The molecule has 102 valence electrons. The van der Waals surface area contributed by atoms with Crippen LogP contribution in [0, 0.1) is 13.8 Å². The molecule has 0 fully saturated rings. The molecule has 0 aliphatic carbocycles. The van der Waals surface area contributed by atoms with Gasteiger partial charge in [0.2, 0.25) is 0 Å². The molecular weight excluding hydrogens is 254 g/mol. The number of hydrogen-bond donors (Lipinski definition) is 1. The summed E-state index contributed by atoms with van der Waals surface area (Å²) in [6.45, 7) is 8.10. The minimum absolute atomic E-state index is 0.778. The van der Waals surface area contributed by atoms with Gasteiger partial charge in [0.1, 0.15) is 5.75 Å². The van der Waals surface area contributed by atoms with Gasteiger partial charge in [0.25, 0.3) is 0 Å². The van der Waals surface area contributed by atoms with Gasteiger partial charge in [-0.25, -0.2) is 0 Å². The lowest BCUT2D eigenvalue weighted by Crippen LogP contribution is -2.00. The van der Waals surface area contributed by atoms with Crippen molar-refractivity contribution in [3.05, 3.63) is 45.6 Å². The molecule has 0 saturated heterocycles.